The van der Waals surface area contributed by atoms with E-state index >= 15 is 0 Å². The number of ether oxygens (including phenoxy) is 1. The number of morpholine rings is 1. The highest BCUT2D eigenvalue weighted by Crippen LogP contribution is 2.29. The lowest BCUT2D eigenvalue weighted by molar-refractivity contribution is 0.0305. The van der Waals surface area contributed by atoms with E-state index in [-0.39, 0.29) is 0 Å². The van der Waals surface area contributed by atoms with Crippen molar-refractivity contribution >= 4 is 5.69 Å². The van der Waals surface area contributed by atoms with Gasteiger partial charge in [-0.1, -0.05) is 12.1 Å². The van der Waals surface area contributed by atoms with E-state index in [4.69, 9.17) is 4.74 Å². The number of nitrogens with one attached hydrogen (secondary N) is 1. The van der Waals surface area contributed by atoms with E-state index in [1.54, 1.807) is 0 Å². The van der Waals surface area contributed by atoms with Crippen LogP contribution in [0.2, 0.25) is 0 Å². The topological polar surface area (TPSA) is 24.5 Å². The number of hydrogen-bond donors (Lipinski definition) is 1. The van der Waals surface area contributed by atoms with Crippen molar-refractivity contribution in [2.24, 2.45) is 0 Å². The van der Waals surface area contributed by atoms with Gasteiger partial charge < -0.3 is 15.0 Å². The summed E-state index contributed by atoms with van der Waals surface area (Å²) in [4.78, 5) is 2.47. The number of nitrogens with zero attached hydrogens (tertiary/aromatic N) is 1. The Bertz CT molecular complexity index is 364. The fraction of sp³-hybridized carbons (Fsp3) is 0.571. The largest absolute Gasteiger partial charge is 0.371 e. The first-order valence-electron chi connectivity index (χ1n) is 6.49. The number of fused-ring (bicyclic) bond motifs is 2. The van der Waals surface area contributed by atoms with Crippen LogP contribution in [-0.2, 0) is 11.3 Å². The molecule has 0 radical (unpaired) electrons. The van der Waals surface area contributed by atoms with Crippen LogP contribution in [-0.4, -0.2) is 32.3 Å². The van der Waals surface area contributed by atoms with Crippen LogP contribution in [0.3, 0.4) is 0 Å². The second kappa shape index (κ2) is 4.67. The van der Waals surface area contributed by atoms with Gasteiger partial charge in [0.15, 0.2) is 0 Å². The zero-order valence-corrected chi connectivity index (χ0v) is 10.4. The molecule has 3 nitrogen and oxygen atoms in total. The Labute approximate surface area is 103 Å². The summed E-state index contributed by atoms with van der Waals surface area (Å²) in [5, 5.41) is 3.17. The molecule has 0 aromatic heterocycles. The van der Waals surface area contributed by atoms with Gasteiger partial charge in [0.2, 0.25) is 0 Å². The average molecular weight is 232 g/mol. The molecule has 1 aromatic rings. The monoisotopic (exact) mass is 232 g/mol. The van der Waals surface area contributed by atoms with Crippen LogP contribution in [0.1, 0.15) is 18.4 Å². The summed E-state index contributed by atoms with van der Waals surface area (Å²) >= 11 is 0. The third-order valence-corrected chi connectivity index (χ3v) is 3.73. The van der Waals surface area contributed by atoms with Gasteiger partial charge in [0.05, 0.1) is 12.2 Å². The van der Waals surface area contributed by atoms with Gasteiger partial charge in [-0.05, 0) is 37.6 Å². The molecule has 2 unspecified atom stereocenters. The van der Waals surface area contributed by atoms with Gasteiger partial charge in [-0.2, -0.15) is 0 Å². The highest BCUT2D eigenvalue weighted by molar-refractivity contribution is 5.48. The zero-order valence-electron chi connectivity index (χ0n) is 10.4. The fourth-order valence-corrected chi connectivity index (χ4v) is 2.85. The SMILES string of the molecule is CNCc1ccc(N2CC3CCC(C2)O3)cc1. The van der Waals surface area contributed by atoms with Gasteiger partial charge in [-0.25, -0.2) is 0 Å². The normalized spacial score (nSPS) is 27.5. The van der Waals surface area contributed by atoms with Gasteiger partial charge in [0, 0.05) is 25.3 Å². The quantitative estimate of drug-likeness (QED) is 0.859. The molecule has 2 saturated heterocycles. The van der Waals surface area contributed by atoms with Crippen LogP contribution in [0.25, 0.3) is 0 Å². The Kier molecular flexibility index (Phi) is 3.04. The molecule has 2 aliphatic rings. The zero-order chi connectivity index (χ0) is 11.7. The van der Waals surface area contributed by atoms with Crippen molar-refractivity contribution in [3.05, 3.63) is 29.8 Å². The Morgan fingerprint density at radius 3 is 2.41 bits per heavy atom. The van der Waals surface area contributed by atoms with Crippen molar-refractivity contribution in [3.8, 4) is 0 Å². The van der Waals surface area contributed by atoms with E-state index in [0.717, 1.165) is 19.6 Å². The lowest BCUT2D eigenvalue weighted by Crippen LogP contribution is -2.42. The summed E-state index contributed by atoms with van der Waals surface area (Å²) in [6.07, 6.45) is 3.40. The number of anilines is 1. The van der Waals surface area contributed by atoms with Crippen LogP contribution >= 0.6 is 0 Å². The van der Waals surface area contributed by atoms with E-state index in [1.807, 2.05) is 7.05 Å². The van der Waals surface area contributed by atoms with Crippen LogP contribution in [0.4, 0.5) is 5.69 Å². The van der Waals surface area contributed by atoms with E-state index in [9.17, 15) is 0 Å². The van der Waals surface area contributed by atoms with Crippen molar-refractivity contribution in [1.29, 1.82) is 0 Å². The molecule has 3 rings (SSSR count). The highest BCUT2D eigenvalue weighted by atomic mass is 16.5. The molecule has 2 bridgehead atoms. The minimum atomic E-state index is 0.464. The first kappa shape index (κ1) is 11.1. The molecule has 2 aliphatic heterocycles. The van der Waals surface area contributed by atoms with Gasteiger partial charge in [-0.3, -0.25) is 0 Å². The third kappa shape index (κ3) is 2.31. The second-order valence-electron chi connectivity index (χ2n) is 5.06. The predicted molar refractivity (Wildman–Crippen MR) is 69.3 cm³/mol. The molecule has 0 saturated carbocycles. The Morgan fingerprint density at radius 2 is 1.82 bits per heavy atom. The molecule has 0 aliphatic carbocycles. The van der Waals surface area contributed by atoms with Gasteiger partial charge in [-0.15, -0.1) is 0 Å². The molecule has 17 heavy (non-hydrogen) atoms. The molecule has 2 heterocycles. The highest BCUT2D eigenvalue weighted by Gasteiger charge is 2.33. The van der Waals surface area contributed by atoms with Crippen molar-refractivity contribution in [1.82, 2.24) is 5.32 Å². The van der Waals surface area contributed by atoms with Crippen LogP contribution < -0.4 is 10.2 Å². The van der Waals surface area contributed by atoms with E-state index in [2.05, 4.69) is 34.5 Å². The molecule has 2 fully saturated rings. The maximum absolute atomic E-state index is 5.86. The Balaban J connectivity index is 1.71. The molecular formula is C14H20N2O. The maximum Gasteiger partial charge on any atom is 0.0755 e. The standard InChI is InChI=1S/C14H20N2O/c1-15-8-11-2-4-12(5-3-11)16-9-13-6-7-14(10-16)17-13/h2-5,13-15H,6-10H2,1H3. The summed E-state index contributed by atoms with van der Waals surface area (Å²) in [6.45, 7) is 3.05. The summed E-state index contributed by atoms with van der Waals surface area (Å²) in [7, 11) is 1.98. The number of benzene rings is 1. The third-order valence-electron chi connectivity index (χ3n) is 3.73. The Hall–Kier alpha value is -1.06. The average Bonchev–Trinajstić information content (AvgIpc) is 2.70. The number of rotatable bonds is 3. The van der Waals surface area contributed by atoms with Crippen molar-refractivity contribution in [2.75, 3.05) is 25.0 Å². The van der Waals surface area contributed by atoms with E-state index in [0.29, 0.717) is 12.2 Å². The molecule has 0 amide bonds. The van der Waals surface area contributed by atoms with E-state index < -0.39 is 0 Å². The van der Waals surface area contributed by atoms with Gasteiger partial charge in [0.1, 0.15) is 0 Å². The molecule has 92 valence electrons. The molecular weight excluding hydrogens is 212 g/mol. The summed E-state index contributed by atoms with van der Waals surface area (Å²) < 4.78 is 5.86. The first-order valence-corrected chi connectivity index (χ1v) is 6.49. The summed E-state index contributed by atoms with van der Waals surface area (Å²) in [5.74, 6) is 0. The molecule has 3 heteroatoms. The maximum atomic E-state index is 5.86. The van der Waals surface area contributed by atoms with Crippen LogP contribution in [0.5, 0.6) is 0 Å². The lowest BCUT2D eigenvalue weighted by atomic mass is 10.1. The van der Waals surface area contributed by atoms with Crippen molar-refractivity contribution in [3.63, 3.8) is 0 Å². The van der Waals surface area contributed by atoms with Crippen LogP contribution in [0.15, 0.2) is 24.3 Å². The van der Waals surface area contributed by atoms with Crippen LogP contribution in [0, 0.1) is 0 Å². The lowest BCUT2D eigenvalue weighted by Gasteiger charge is -2.33. The molecule has 2 atom stereocenters. The summed E-state index contributed by atoms with van der Waals surface area (Å²) in [5.41, 5.74) is 2.68. The fourth-order valence-electron chi connectivity index (χ4n) is 2.85. The summed E-state index contributed by atoms with van der Waals surface area (Å²) in [6, 6.07) is 8.89. The first-order chi connectivity index (χ1) is 8.35. The predicted octanol–water partition coefficient (Wildman–Crippen LogP) is 1.77. The molecule has 0 spiro atoms. The Morgan fingerprint density at radius 1 is 1.18 bits per heavy atom. The van der Waals surface area contributed by atoms with Gasteiger partial charge in [0.25, 0.3) is 0 Å². The van der Waals surface area contributed by atoms with Gasteiger partial charge >= 0.3 is 0 Å². The van der Waals surface area contributed by atoms with Crippen molar-refractivity contribution in [2.45, 2.75) is 31.6 Å². The molecule has 1 aromatic carbocycles. The minimum absolute atomic E-state index is 0.464. The van der Waals surface area contributed by atoms with E-state index in [1.165, 1.54) is 24.1 Å². The molecule has 1 N–H and O–H groups in total. The smallest absolute Gasteiger partial charge is 0.0755 e. The van der Waals surface area contributed by atoms with Crippen molar-refractivity contribution < 1.29 is 4.74 Å². The number of hydrogen-bond acceptors (Lipinski definition) is 3. The minimum Gasteiger partial charge on any atom is -0.371 e. The second-order valence-corrected chi connectivity index (χ2v) is 5.06.